The summed E-state index contributed by atoms with van der Waals surface area (Å²) < 4.78 is 0. The zero-order chi connectivity index (χ0) is 15.4. The SMILES string of the molecule is CC(C)(C)c1ccc2c(c1)[cH-]c1cc(C(C)(C)C)ccc12.[CH3-].[CH3-].[Zr+3]. The standard InChI is InChI=1S/C21H25.2CH3.Zr/c1-20(2,3)16-7-9-18-14(12-16)11-15-13-17(21(4,5)6)8-10-19(15)18;;;/h7-13H,1-6H3;2*1H3;/q3*-1;+3. The fourth-order valence-electron chi connectivity index (χ4n) is 2.96. The number of rotatable bonds is 0. The predicted molar refractivity (Wildman–Crippen MR) is 107 cm³/mol. The van der Waals surface area contributed by atoms with E-state index in [9.17, 15) is 0 Å². The van der Waals surface area contributed by atoms with Crippen LogP contribution in [0.3, 0.4) is 0 Å². The molecule has 0 aliphatic heterocycles. The molecule has 0 aliphatic rings. The molecule has 0 unspecified atom stereocenters. The molecule has 3 rings (SSSR count). The van der Waals surface area contributed by atoms with E-state index < -0.39 is 0 Å². The van der Waals surface area contributed by atoms with Crippen LogP contribution in [-0.2, 0) is 37.0 Å². The summed E-state index contributed by atoms with van der Waals surface area (Å²) in [7, 11) is 0. The first kappa shape index (κ1) is 23.2. The normalized spacial score (nSPS) is 11.6. The van der Waals surface area contributed by atoms with Crippen molar-refractivity contribution in [3.8, 4) is 0 Å². The van der Waals surface area contributed by atoms with E-state index in [1.54, 1.807) is 0 Å². The van der Waals surface area contributed by atoms with E-state index in [1.165, 1.54) is 32.7 Å². The van der Waals surface area contributed by atoms with Gasteiger partial charge >= 0.3 is 26.2 Å². The van der Waals surface area contributed by atoms with Crippen molar-refractivity contribution in [2.75, 3.05) is 0 Å². The Bertz CT molecular complexity index is 739. The van der Waals surface area contributed by atoms with Crippen molar-refractivity contribution < 1.29 is 26.2 Å². The van der Waals surface area contributed by atoms with Gasteiger partial charge in [-0.1, -0.05) is 76.9 Å². The summed E-state index contributed by atoms with van der Waals surface area (Å²) in [6, 6.07) is 16.2. The van der Waals surface area contributed by atoms with Crippen molar-refractivity contribution in [1.29, 1.82) is 0 Å². The Morgan fingerprint density at radius 1 is 0.625 bits per heavy atom. The van der Waals surface area contributed by atoms with Crippen LogP contribution in [0.5, 0.6) is 0 Å². The predicted octanol–water partition coefficient (Wildman–Crippen LogP) is 7.20. The van der Waals surface area contributed by atoms with E-state index in [4.69, 9.17) is 0 Å². The van der Waals surface area contributed by atoms with E-state index in [-0.39, 0.29) is 51.9 Å². The van der Waals surface area contributed by atoms with Crippen LogP contribution in [0.2, 0.25) is 0 Å². The second-order valence-corrected chi connectivity index (χ2v) is 8.25. The molecule has 0 N–H and O–H groups in total. The Balaban J connectivity index is 0.00000176. The van der Waals surface area contributed by atoms with Crippen molar-refractivity contribution in [1.82, 2.24) is 0 Å². The third-order valence-electron chi connectivity index (χ3n) is 4.44. The molecule has 0 aliphatic carbocycles. The van der Waals surface area contributed by atoms with Gasteiger partial charge in [0.15, 0.2) is 0 Å². The number of hydrogen-bond donors (Lipinski definition) is 0. The molecule has 127 valence electrons. The summed E-state index contributed by atoms with van der Waals surface area (Å²) in [6.45, 7) is 13.6. The first-order valence-corrected chi connectivity index (χ1v) is 7.80. The number of benzene rings is 2. The molecule has 0 nitrogen and oxygen atoms in total. The molecular formula is C23H31Zr. The zero-order valence-corrected chi connectivity index (χ0v) is 19.0. The molecule has 3 aromatic rings. The zero-order valence-electron chi connectivity index (χ0n) is 16.5. The molecule has 0 atom stereocenters. The van der Waals surface area contributed by atoms with E-state index >= 15 is 0 Å². The Hall–Kier alpha value is -0.807. The Labute approximate surface area is 168 Å². The smallest absolute Gasteiger partial charge is 0.358 e. The van der Waals surface area contributed by atoms with Crippen molar-refractivity contribution in [2.45, 2.75) is 52.4 Å². The average molecular weight is 399 g/mol. The van der Waals surface area contributed by atoms with Crippen LogP contribution in [-0.4, -0.2) is 0 Å². The molecule has 0 spiro atoms. The molecule has 0 amide bonds. The maximum absolute atomic E-state index is 2.35. The van der Waals surface area contributed by atoms with Gasteiger partial charge in [0.25, 0.3) is 0 Å². The first-order chi connectivity index (χ1) is 9.66. The number of fused-ring (bicyclic) bond motifs is 3. The maximum Gasteiger partial charge on any atom is 3.00 e. The fourth-order valence-corrected chi connectivity index (χ4v) is 2.96. The molecular weight excluding hydrogens is 367 g/mol. The quantitative estimate of drug-likeness (QED) is 0.351. The largest absolute Gasteiger partial charge is 3.00 e. The van der Waals surface area contributed by atoms with Gasteiger partial charge in [0, 0.05) is 0 Å². The van der Waals surface area contributed by atoms with Crippen LogP contribution >= 0.6 is 0 Å². The van der Waals surface area contributed by atoms with Gasteiger partial charge in [-0.3, -0.25) is 0 Å². The van der Waals surface area contributed by atoms with Gasteiger partial charge in [-0.15, -0.1) is 39.7 Å². The van der Waals surface area contributed by atoms with Gasteiger partial charge in [-0.25, -0.2) is 0 Å². The molecule has 24 heavy (non-hydrogen) atoms. The minimum absolute atomic E-state index is 0. The molecule has 0 saturated carbocycles. The summed E-state index contributed by atoms with van der Waals surface area (Å²) in [5.74, 6) is 0. The molecule has 1 heteroatoms. The minimum atomic E-state index is 0. The maximum atomic E-state index is 2.35. The van der Waals surface area contributed by atoms with Gasteiger partial charge in [0.1, 0.15) is 0 Å². The Morgan fingerprint density at radius 3 is 1.25 bits per heavy atom. The van der Waals surface area contributed by atoms with Gasteiger partial charge in [-0.05, 0) is 10.8 Å². The molecule has 0 aromatic heterocycles. The second-order valence-electron chi connectivity index (χ2n) is 8.25. The molecule has 0 bridgehead atoms. The van der Waals surface area contributed by atoms with Crippen LogP contribution in [0.1, 0.15) is 52.7 Å². The molecule has 0 heterocycles. The molecule has 1 radical (unpaired) electrons. The topological polar surface area (TPSA) is 0 Å². The molecule has 3 aromatic carbocycles. The van der Waals surface area contributed by atoms with Gasteiger partial charge in [0.05, 0.1) is 0 Å². The summed E-state index contributed by atoms with van der Waals surface area (Å²) in [4.78, 5) is 0. The molecule has 0 saturated heterocycles. The second kappa shape index (κ2) is 7.61. The third-order valence-corrected chi connectivity index (χ3v) is 4.44. The van der Waals surface area contributed by atoms with Gasteiger partial charge < -0.3 is 14.9 Å². The van der Waals surface area contributed by atoms with Crippen LogP contribution in [0.15, 0.2) is 42.5 Å². The van der Waals surface area contributed by atoms with Crippen LogP contribution in [0.4, 0.5) is 0 Å². The first-order valence-electron chi connectivity index (χ1n) is 7.80. The van der Waals surface area contributed by atoms with Crippen LogP contribution < -0.4 is 0 Å². The summed E-state index contributed by atoms with van der Waals surface area (Å²) in [6.07, 6.45) is 0. The van der Waals surface area contributed by atoms with E-state index in [2.05, 4.69) is 84.0 Å². The van der Waals surface area contributed by atoms with Gasteiger partial charge in [-0.2, -0.15) is 0 Å². The Kier molecular flexibility index (Phi) is 7.35. The fraction of sp³-hybridized carbons (Fsp3) is 0.348. The minimum Gasteiger partial charge on any atom is -0.358 e. The van der Waals surface area contributed by atoms with E-state index in [0.29, 0.717) is 0 Å². The van der Waals surface area contributed by atoms with E-state index in [1.807, 2.05) is 0 Å². The van der Waals surface area contributed by atoms with Crippen molar-refractivity contribution in [3.05, 3.63) is 68.4 Å². The average Bonchev–Trinajstić information content (AvgIpc) is 2.73. The number of hydrogen-bond acceptors (Lipinski definition) is 0. The third kappa shape index (κ3) is 4.23. The monoisotopic (exact) mass is 397 g/mol. The molecule has 0 fully saturated rings. The van der Waals surface area contributed by atoms with Crippen LogP contribution in [0.25, 0.3) is 21.5 Å². The Morgan fingerprint density at radius 2 is 0.958 bits per heavy atom. The summed E-state index contributed by atoms with van der Waals surface area (Å²) in [5.41, 5.74) is 3.21. The van der Waals surface area contributed by atoms with Crippen molar-refractivity contribution in [2.24, 2.45) is 0 Å². The van der Waals surface area contributed by atoms with Crippen LogP contribution in [0, 0.1) is 14.9 Å². The summed E-state index contributed by atoms with van der Waals surface area (Å²) >= 11 is 0. The van der Waals surface area contributed by atoms with Gasteiger partial charge in [0.2, 0.25) is 0 Å². The summed E-state index contributed by atoms with van der Waals surface area (Å²) in [5, 5.41) is 5.48. The van der Waals surface area contributed by atoms with Crippen molar-refractivity contribution >= 4 is 21.5 Å². The van der Waals surface area contributed by atoms with Crippen molar-refractivity contribution in [3.63, 3.8) is 0 Å². The van der Waals surface area contributed by atoms with E-state index in [0.717, 1.165) is 0 Å².